The van der Waals surface area contributed by atoms with Gasteiger partial charge >= 0.3 is 0 Å². The van der Waals surface area contributed by atoms with E-state index in [4.69, 9.17) is 0 Å². The topological polar surface area (TPSA) is 81.0 Å². The molecule has 3 fully saturated rings. The van der Waals surface area contributed by atoms with Crippen molar-refractivity contribution in [2.45, 2.75) is 43.2 Å². The number of aromatic hydroxyl groups is 2. The van der Waals surface area contributed by atoms with E-state index in [9.17, 15) is 20.1 Å². The fourth-order valence-corrected chi connectivity index (χ4v) is 6.67. The number of benzene rings is 1. The van der Waals surface area contributed by atoms with Crippen LogP contribution in [0.1, 0.15) is 30.4 Å². The van der Waals surface area contributed by atoms with Gasteiger partial charge in [-0.3, -0.25) is 4.79 Å². The molecule has 3 aliphatic carbocycles. The number of hydrogen-bond donors (Lipinski definition) is 3. The Labute approximate surface area is 134 Å². The van der Waals surface area contributed by atoms with Crippen molar-refractivity contribution >= 4 is 5.78 Å². The van der Waals surface area contributed by atoms with Gasteiger partial charge in [-0.25, -0.2) is 0 Å². The maximum atomic E-state index is 12.3. The Bertz CT molecular complexity index is 747. The van der Waals surface area contributed by atoms with Crippen molar-refractivity contribution in [1.82, 2.24) is 4.90 Å². The first-order valence-corrected chi connectivity index (χ1v) is 8.36. The van der Waals surface area contributed by atoms with E-state index in [0.717, 1.165) is 31.4 Å². The number of aliphatic hydroxyl groups excluding tert-OH is 1. The second-order valence-electron chi connectivity index (χ2n) is 8.10. The lowest BCUT2D eigenvalue weighted by atomic mass is 9.58. The highest BCUT2D eigenvalue weighted by Gasteiger charge is 2.74. The molecule has 4 aliphatic rings. The monoisotopic (exact) mass is 315 g/mol. The summed E-state index contributed by atoms with van der Waals surface area (Å²) in [5.74, 6) is -0.274. The third-order valence-corrected chi connectivity index (χ3v) is 7.10. The van der Waals surface area contributed by atoms with Gasteiger partial charge in [-0.05, 0) is 43.9 Å². The standard InChI is InChI=1S/C18H21NO4/c1-19-8-17-6-9-2-4-11(20)14(22)13(9)18(7-17)10(15(17)19)3-5-12(21)16(18)23/h2,4,10,15-16,20,22-23H,3,5-8H2,1H3. The Balaban J connectivity index is 1.82. The van der Waals surface area contributed by atoms with Gasteiger partial charge in [0.05, 0.1) is 0 Å². The van der Waals surface area contributed by atoms with E-state index < -0.39 is 11.5 Å². The fraction of sp³-hybridized carbons (Fsp3) is 0.611. The summed E-state index contributed by atoms with van der Waals surface area (Å²) in [6.07, 6.45) is 1.66. The average molecular weight is 315 g/mol. The maximum absolute atomic E-state index is 12.3. The van der Waals surface area contributed by atoms with Crippen molar-refractivity contribution in [2.24, 2.45) is 11.3 Å². The number of Topliss-reactive ketones (excluding diaryl/α,β-unsaturated/α-hetero) is 1. The molecule has 1 aromatic carbocycles. The zero-order valence-electron chi connectivity index (χ0n) is 13.1. The molecule has 2 bridgehead atoms. The minimum atomic E-state index is -1.08. The van der Waals surface area contributed by atoms with Crippen molar-refractivity contribution in [3.8, 4) is 11.5 Å². The first-order chi connectivity index (χ1) is 10.9. The Morgan fingerprint density at radius 1 is 1.30 bits per heavy atom. The number of carbonyl (C=O) groups excluding carboxylic acids is 1. The number of phenolic OH excluding ortho intramolecular Hbond substituents is 2. The van der Waals surface area contributed by atoms with Crippen LogP contribution in [0.25, 0.3) is 0 Å². The van der Waals surface area contributed by atoms with Crippen LogP contribution in [-0.4, -0.2) is 51.7 Å². The Morgan fingerprint density at radius 2 is 2.09 bits per heavy atom. The summed E-state index contributed by atoms with van der Waals surface area (Å²) in [5, 5.41) is 31.5. The predicted molar refractivity (Wildman–Crippen MR) is 82.4 cm³/mol. The Hall–Kier alpha value is -1.59. The highest BCUT2D eigenvalue weighted by Crippen LogP contribution is 2.70. The summed E-state index contributed by atoms with van der Waals surface area (Å²) in [6.45, 7) is 0.970. The van der Waals surface area contributed by atoms with Gasteiger partial charge in [0.25, 0.3) is 0 Å². The molecule has 1 heterocycles. The van der Waals surface area contributed by atoms with Crippen LogP contribution in [0.2, 0.25) is 0 Å². The third-order valence-electron chi connectivity index (χ3n) is 7.10. The van der Waals surface area contributed by atoms with Crippen LogP contribution in [0, 0.1) is 11.3 Å². The first-order valence-electron chi connectivity index (χ1n) is 8.36. The average Bonchev–Trinajstić information content (AvgIpc) is 2.69. The molecular weight excluding hydrogens is 294 g/mol. The number of rotatable bonds is 0. The van der Waals surface area contributed by atoms with Gasteiger partial charge in [0.15, 0.2) is 17.3 Å². The number of fused-ring (bicyclic) bond motifs is 2. The normalized spacial score (nSPS) is 44.3. The zero-order chi connectivity index (χ0) is 16.1. The summed E-state index contributed by atoms with van der Waals surface area (Å²) >= 11 is 0. The van der Waals surface area contributed by atoms with E-state index in [1.165, 1.54) is 6.07 Å². The van der Waals surface area contributed by atoms with E-state index in [2.05, 4.69) is 11.9 Å². The van der Waals surface area contributed by atoms with Crippen LogP contribution < -0.4 is 0 Å². The van der Waals surface area contributed by atoms with E-state index in [1.807, 2.05) is 6.07 Å². The minimum absolute atomic E-state index is 0.0986. The Morgan fingerprint density at radius 3 is 2.83 bits per heavy atom. The number of carbonyl (C=O) groups is 1. The minimum Gasteiger partial charge on any atom is -0.504 e. The van der Waals surface area contributed by atoms with E-state index in [-0.39, 0.29) is 28.6 Å². The number of hydrogen-bond acceptors (Lipinski definition) is 5. The number of aliphatic hydroxyl groups is 1. The van der Waals surface area contributed by atoms with Crippen molar-refractivity contribution in [3.63, 3.8) is 0 Å². The summed E-state index contributed by atoms with van der Waals surface area (Å²) in [4.78, 5) is 14.7. The molecule has 0 radical (unpaired) electrons. The number of likely N-dealkylation sites (tertiary alicyclic amines) is 1. The van der Waals surface area contributed by atoms with Gasteiger partial charge in [0, 0.05) is 35.4 Å². The third kappa shape index (κ3) is 1.32. The molecule has 5 nitrogen and oxygen atoms in total. The summed E-state index contributed by atoms with van der Waals surface area (Å²) in [7, 11) is 2.11. The predicted octanol–water partition coefficient (Wildman–Crippen LogP) is 0.936. The molecule has 5 rings (SSSR count). The van der Waals surface area contributed by atoms with Gasteiger partial charge in [-0.1, -0.05) is 6.07 Å². The quantitative estimate of drug-likeness (QED) is 0.621. The molecule has 1 saturated heterocycles. The summed E-state index contributed by atoms with van der Waals surface area (Å²) in [5.41, 5.74) is 0.986. The molecule has 122 valence electrons. The van der Waals surface area contributed by atoms with Crippen LogP contribution >= 0.6 is 0 Å². The zero-order valence-corrected chi connectivity index (χ0v) is 13.1. The molecule has 3 N–H and O–H groups in total. The largest absolute Gasteiger partial charge is 0.504 e. The molecule has 0 amide bonds. The highest BCUT2D eigenvalue weighted by atomic mass is 16.3. The highest BCUT2D eigenvalue weighted by molar-refractivity contribution is 5.87. The molecule has 2 spiro atoms. The van der Waals surface area contributed by atoms with Crippen LogP contribution in [-0.2, 0) is 16.6 Å². The molecule has 5 unspecified atom stereocenters. The first kappa shape index (κ1) is 13.8. The lowest BCUT2D eigenvalue weighted by Crippen LogP contribution is -2.63. The van der Waals surface area contributed by atoms with Gasteiger partial charge in [0.2, 0.25) is 0 Å². The molecular formula is C18H21NO4. The number of phenols is 2. The molecule has 5 atom stereocenters. The van der Waals surface area contributed by atoms with Crippen molar-refractivity contribution in [3.05, 3.63) is 23.3 Å². The molecule has 5 heteroatoms. The van der Waals surface area contributed by atoms with Gasteiger partial charge in [-0.2, -0.15) is 0 Å². The van der Waals surface area contributed by atoms with E-state index in [1.54, 1.807) is 0 Å². The maximum Gasteiger partial charge on any atom is 0.162 e. The van der Waals surface area contributed by atoms with Gasteiger partial charge in [-0.15, -0.1) is 0 Å². The van der Waals surface area contributed by atoms with Crippen molar-refractivity contribution < 1.29 is 20.1 Å². The van der Waals surface area contributed by atoms with Crippen molar-refractivity contribution in [2.75, 3.05) is 13.6 Å². The van der Waals surface area contributed by atoms with E-state index >= 15 is 0 Å². The second-order valence-corrected chi connectivity index (χ2v) is 8.10. The summed E-state index contributed by atoms with van der Waals surface area (Å²) in [6, 6.07) is 3.73. The van der Waals surface area contributed by atoms with Crippen molar-refractivity contribution in [1.29, 1.82) is 0 Å². The Kier molecular flexibility index (Phi) is 2.34. The van der Waals surface area contributed by atoms with E-state index in [0.29, 0.717) is 18.0 Å². The number of ketones is 1. The lowest BCUT2D eigenvalue weighted by Gasteiger charge is -2.55. The van der Waals surface area contributed by atoms with Crippen LogP contribution in [0.3, 0.4) is 0 Å². The van der Waals surface area contributed by atoms with Gasteiger partial charge in [0.1, 0.15) is 6.10 Å². The molecule has 1 aromatic rings. The molecule has 23 heavy (non-hydrogen) atoms. The van der Waals surface area contributed by atoms with Crippen LogP contribution in [0.4, 0.5) is 0 Å². The lowest BCUT2D eigenvalue weighted by molar-refractivity contribution is -0.137. The second kappa shape index (κ2) is 3.90. The van der Waals surface area contributed by atoms with Crippen LogP contribution in [0.5, 0.6) is 11.5 Å². The SMILES string of the molecule is CN1CC23Cc4ccc(O)c(O)c4C4(C2)C(O)C(=O)CCC4C13. The smallest absolute Gasteiger partial charge is 0.162 e. The number of nitrogens with zero attached hydrogens (tertiary/aromatic N) is 1. The molecule has 0 aromatic heterocycles. The molecule has 1 aliphatic heterocycles. The van der Waals surface area contributed by atoms with Crippen LogP contribution in [0.15, 0.2) is 12.1 Å². The summed E-state index contributed by atoms with van der Waals surface area (Å²) < 4.78 is 0. The molecule has 2 saturated carbocycles. The van der Waals surface area contributed by atoms with Gasteiger partial charge < -0.3 is 20.2 Å². The fourth-order valence-electron chi connectivity index (χ4n) is 6.67.